The van der Waals surface area contributed by atoms with Crippen LogP contribution in [-0.4, -0.2) is 31.9 Å². The lowest BCUT2D eigenvalue weighted by Crippen LogP contribution is -2.45. The molecule has 1 saturated carbocycles. The fraction of sp³-hybridized carbons (Fsp3) is 0.923. The van der Waals surface area contributed by atoms with E-state index in [0.717, 1.165) is 32.1 Å². The first-order chi connectivity index (χ1) is 8.57. The van der Waals surface area contributed by atoms with Gasteiger partial charge in [-0.15, -0.1) is 0 Å². The van der Waals surface area contributed by atoms with Gasteiger partial charge >= 0.3 is 0 Å². The van der Waals surface area contributed by atoms with Crippen LogP contribution in [0.2, 0.25) is 0 Å². The molecule has 1 heterocycles. The van der Waals surface area contributed by atoms with Crippen LogP contribution in [0.4, 0.5) is 0 Å². The molecule has 2 fully saturated rings. The Labute approximate surface area is 109 Å². The highest BCUT2D eigenvalue weighted by molar-refractivity contribution is 7.91. The minimum atomic E-state index is -2.93. The smallest absolute Gasteiger partial charge is 0.223 e. The van der Waals surface area contributed by atoms with Crippen molar-refractivity contribution in [3.05, 3.63) is 0 Å². The number of hydrogen-bond donors (Lipinski definition) is 1. The fourth-order valence-electron chi connectivity index (χ4n) is 3.00. The normalized spacial score (nSPS) is 29.4. The van der Waals surface area contributed by atoms with Crippen LogP contribution in [0.3, 0.4) is 0 Å². The van der Waals surface area contributed by atoms with Crippen LogP contribution in [0.15, 0.2) is 0 Å². The van der Waals surface area contributed by atoms with E-state index in [2.05, 4.69) is 5.32 Å². The van der Waals surface area contributed by atoms with Gasteiger partial charge in [0.25, 0.3) is 0 Å². The second kappa shape index (κ2) is 6.04. The average molecular weight is 273 g/mol. The second-order valence-electron chi connectivity index (χ2n) is 5.65. The van der Waals surface area contributed by atoms with Crippen molar-refractivity contribution in [3.63, 3.8) is 0 Å². The van der Waals surface area contributed by atoms with Gasteiger partial charge in [0.05, 0.1) is 11.5 Å². The van der Waals surface area contributed by atoms with Crippen molar-refractivity contribution in [2.24, 2.45) is 5.92 Å². The summed E-state index contributed by atoms with van der Waals surface area (Å²) < 4.78 is 23.0. The highest BCUT2D eigenvalue weighted by Gasteiger charge is 2.28. The van der Waals surface area contributed by atoms with Gasteiger partial charge in [-0.05, 0) is 25.7 Å². The number of hydrogen-bond acceptors (Lipinski definition) is 3. The summed E-state index contributed by atoms with van der Waals surface area (Å²) in [5, 5.41) is 2.95. The number of nitrogens with one attached hydrogen (secondary N) is 1. The third-order valence-electron chi connectivity index (χ3n) is 4.04. The molecule has 2 rings (SSSR count). The standard InChI is InChI=1S/C13H23NO3S/c15-13(11-6-3-1-2-4-7-11)14-12-8-5-9-18(16,17)10-12/h11-12H,1-10H2,(H,14,15)/t12-/m1/s1. The minimum absolute atomic E-state index is 0.0824. The van der Waals surface area contributed by atoms with E-state index in [1.807, 2.05) is 0 Å². The number of rotatable bonds is 2. The number of carbonyl (C=O) groups is 1. The lowest BCUT2D eigenvalue weighted by atomic mass is 9.99. The Morgan fingerprint density at radius 3 is 2.22 bits per heavy atom. The molecule has 2 aliphatic rings. The molecule has 0 aromatic rings. The molecule has 1 saturated heterocycles. The van der Waals surface area contributed by atoms with Crippen molar-refractivity contribution in [2.45, 2.75) is 57.4 Å². The molecular formula is C13H23NO3S. The first-order valence-corrected chi connectivity index (χ1v) is 8.90. The molecule has 0 unspecified atom stereocenters. The van der Waals surface area contributed by atoms with Crippen LogP contribution < -0.4 is 5.32 Å². The van der Waals surface area contributed by atoms with Crippen molar-refractivity contribution < 1.29 is 13.2 Å². The SMILES string of the molecule is O=C(N[C@@H]1CCCS(=O)(=O)C1)C1CCCCCC1. The van der Waals surface area contributed by atoms with Crippen LogP contribution >= 0.6 is 0 Å². The van der Waals surface area contributed by atoms with Crippen molar-refractivity contribution >= 4 is 15.7 Å². The summed E-state index contributed by atoms with van der Waals surface area (Å²) in [7, 11) is -2.93. The van der Waals surface area contributed by atoms with Crippen LogP contribution in [0.1, 0.15) is 51.4 Å². The van der Waals surface area contributed by atoms with Gasteiger partial charge in [-0.2, -0.15) is 0 Å². The zero-order valence-corrected chi connectivity index (χ0v) is 11.7. The molecule has 1 aliphatic heterocycles. The molecule has 0 radical (unpaired) electrons. The van der Waals surface area contributed by atoms with Gasteiger partial charge in [0.1, 0.15) is 0 Å². The van der Waals surface area contributed by atoms with Crippen molar-refractivity contribution in [1.82, 2.24) is 5.32 Å². The summed E-state index contributed by atoms with van der Waals surface area (Å²) in [5.41, 5.74) is 0. The highest BCUT2D eigenvalue weighted by atomic mass is 32.2. The predicted octanol–water partition coefficient (Wildman–Crippen LogP) is 1.65. The zero-order chi connectivity index (χ0) is 13.0. The second-order valence-corrected chi connectivity index (χ2v) is 7.88. The molecule has 0 aromatic heterocycles. The third-order valence-corrected chi connectivity index (χ3v) is 5.86. The Balaban J connectivity index is 1.86. The lowest BCUT2D eigenvalue weighted by molar-refractivity contribution is -0.126. The van der Waals surface area contributed by atoms with E-state index < -0.39 is 9.84 Å². The molecular weight excluding hydrogens is 250 g/mol. The fourth-order valence-corrected chi connectivity index (χ4v) is 4.63. The zero-order valence-electron chi connectivity index (χ0n) is 10.9. The first-order valence-electron chi connectivity index (χ1n) is 7.08. The van der Waals surface area contributed by atoms with Gasteiger partial charge in [0.2, 0.25) is 5.91 Å². The van der Waals surface area contributed by atoms with E-state index in [0.29, 0.717) is 6.42 Å². The van der Waals surface area contributed by atoms with E-state index in [-0.39, 0.29) is 29.4 Å². The maximum Gasteiger partial charge on any atom is 0.223 e. The van der Waals surface area contributed by atoms with E-state index >= 15 is 0 Å². The molecule has 4 nitrogen and oxygen atoms in total. The van der Waals surface area contributed by atoms with Gasteiger partial charge in [-0.3, -0.25) is 4.79 Å². The molecule has 1 atom stereocenters. The topological polar surface area (TPSA) is 63.2 Å². The van der Waals surface area contributed by atoms with Crippen molar-refractivity contribution in [3.8, 4) is 0 Å². The Bertz CT molecular complexity index is 383. The third kappa shape index (κ3) is 3.97. The molecule has 5 heteroatoms. The summed E-state index contributed by atoms with van der Waals surface area (Å²) >= 11 is 0. The largest absolute Gasteiger partial charge is 0.352 e. The number of amides is 1. The minimum Gasteiger partial charge on any atom is -0.352 e. The van der Waals surface area contributed by atoms with Gasteiger partial charge in [-0.1, -0.05) is 25.7 Å². The Morgan fingerprint density at radius 1 is 0.944 bits per heavy atom. The monoisotopic (exact) mass is 273 g/mol. The molecule has 1 N–H and O–H groups in total. The first kappa shape index (κ1) is 13.8. The van der Waals surface area contributed by atoms with Crippen LogP contribution in [0.25, 0.3) is 0 Å². The molecule has 1 amide bonds. The van der Waals surface area contributed by atoms with E-state index in [4.69, 9.17) is 0 Å². The van der Waals surface area contributed by atoms with Gasteiger partial charge < -0.3 is 5.32 Å². The molecule has 0 bridgehead atoms. The molecule has 0 spiro atoms. The number of sulfone groups is 1. The Kier molecular flexibility index (Phi) is 4.65. The number of carbonyl (C=O) groups excluding carboxylic acids is 1. The van der Waals surface area contributed by atoms with Crippen LogP contribution in [0.5, 0.6) is 0 Å². The highest BCUT2D eigenvalue weighted by Crippen LogP contribution is 2.23. The maximum absolute atomic E-state index is 12.1. The maximum atomic E-state index is 12.1. The van der Waals surface area contributed by atoms with Crippen molar-refractivity contribution in [2.75, 3.05) is 11.5 Å². The molecule has 0 aromatic carbocycles. The molecule has 1 aliphatic carbocycles. The summed E-state index contributed by atoms with van der Waals surface area (Å²) in [6.07, 6.45) is 8.11. The summed E-state index contributed by atoms with van der Waals surface area (Å²) in [5.74, 6) is 0.602. The van der Waals surface area contributed by atoms with Gasteiger partial charge in [0, 0.05) is 12.0 Å². The van der Waals surface area contributed by atoms with E-state index in [1.165, 1.54) is 12.8 Å². The molecule has 18 heavy (non-hydrogen) atoms. The van der Waals surface area contributed by atoms with Gasteiger partial charge in [-0.25, -0.2) is 8.42 Å². The average Bonchev–Trinajstić information content (AvgIpc) is 2.55. The van der Waals surface area contributed by atoms with E-state index in [1.54, 1.807) is 0 Å². The molecule has 104 valence electrons. The van der Waals surface area contributed by atoms with Crippen LogP contribution in [-0.2, 0) is 14.6 Å². The quantitative estimate of drug-likeness (QED) is 0.778. The van der Waals surface area contributed by atoms with Crippen molar-refractivity contribution in [1.29, 1.82) is 0 Å². The Morgan fingerprint density at radius 2 is 1.61 bits per heavy atom. The summed E-state index contributed by atoms with van der Waals surface area (Å²) in [6, 6.07) is -0.153. The summed E-state index contributed by atoms with van der Waals surface area (Å²) in [6.45, 7) is 0. The summed E-state index contributed by atoms with van der Waals surface area (Å²) in [4.78, 5) is 12.1. The van der Waals surface area contributed by atoms with Crippen LogP contribution in [0, 0.1) is 5.92 Å². The van der Waals surface area contributed by atoms with E-state index in [9.17, 15) is 13.2 Å². The Hall–Kier alpha value is -0.580. The predicted molar refractivity (Wildman–Crippen MR) is 71.0 cm³/mol. The lowest BCUT2D eigenvalue weighted by Gasteiger charge is -2.25. The van der Waals surface area contributed by atoms with Gasteiger partial charge in [0.15, 0.2) is 9.84 Å².